The Morgan fingerprint density at radius 1 is 1.33 bits per heavy atom. The van der Waals surface area contributed by atoms with Gasteiger partial charge in [0.25, 0.3) is 0 Å². The second-order valence-electron chi connectivity index (χ2n) is 2.33. The first-order chi connectivity index (χ1) is 3.93. The molecule has 1 aliphatic rings. The maximum atomic E-state index is 2.42. The number of hydrogen-bond donors (Lipinski definition) is 0. The molecule has 0 spiro atoms. The molecule has 0 aliphatic carbocycles. The van der Waals surface area contributed by atoms with Crippen LogP contribution in [0.5, 0.6) is 0 Å². The molecule has 48 valence electrons. The Balaban J connectivity index is 0.000000640. The van der Waals surface area contributed by atoms with E-state index >= 15 is 0 Å². The first-order valence-corrected chi connectivity index (χ1v) is 3.51. The normalized spacial score (nSPS) is 19.7. The van der Waals surface area contributed by atoms with E-state index in [4.69, 9.17) is 0 Å². The van der Waals surface area contributed by atoms with Gasteiger partial charge in [-0.15, -0.1) is 0 Å². The Morgan fingerprint density at radius 2 is 1.89 bits per heavy atom. The van der Waals surface area contributed by atoms with Gasteiger partial charge in [0.05, 0.1) is 0 Å². The quantitative estimate of drug-likeness (QED) is 0.321. The SMILES string of the molecule is CC[CH-]N1CCCC1.[Li+]. The predicted molar refractivity (Wildman–Crippen MR) is 35.4 cm³/mol. The summed E-state index contributed by atoms with van der Waals surface area (Å²) in [5.74, 6) is 0. The minimum Gasteiger partial charge on any atom is -0.456 e. The molecule has 0 aromatic heterocycles. The van der Waals surface area contributed by atoms with Gasteiger partial charge in [-0.2, -0.15) is 6.42 Å². The van der Waals surface area contributed by atoms with E-state index in [9.17, 15) is 0 Å². The van der Waals surface area contributed by atoms with Gasteiger partial charge >= 0.3 is 18.9 Å². The van der Waals surface area contributed by atoms with Gasteiger partial charge in [0.15, 0.2) is 0 Å². The molecule has 2 heteroatoms. The molecule has 0 unspecified atom stereocenters. The first kappa shape index (κ1) is 9.56. The standard InChI is InChI=1S/C7H14N.Li/c1-2-5-8-6-3-4-7-8;/h5H,2-4,6-7H2,1H3;/q-1;+1. The van der Waals surface area contributed by atoms with Crippen molar-refractivity contribution < 1.29 is 18.9 Å². The topological polar surface area (TPSA) is 3.24 Å². The molecule has 0 radical (unpaired) electrons. The maximum absolute atomic E-state index is 2.42. The van der Waals surface area contributed by atoms with Crippen LogP contribution in [0.4, 0.5) is 0 Å². The summed E-state index contributed by atoms with van der Waals surface area (Å²) in [7, 11) is 0. The molecule has 0 atom stereocenters. The molecular weight excluding hydrogens is 105 g/mol. The Kier molecular flexibility index (Phi) is 5.68. The van der Waals surface area contributed by atoms with Crippen LogP contribution in [0, 0.1) is 6.54 Å². The maximum Gasteiger partial charge on any atom is 1.00 e. The predicted octanol–water partition coefficient (Wildman–Crippen LogP) is -1.34. The Hall–Kier alpha value is 0.557. The fraction of sp³-hybridized carbons (Fsp3) is 0.857. The molecule has 1 nitrogen and oxygen atoms in total. The zero-order chi connectivity index (χ0) is 5.82. The van der Waals surface area contributed by atoms with Crippen LogP contribution in [0.1, 0.15) is 26.2 Å². The molecule has 0 saturated carbocycles. The van der Waals surface area contributed by atoms with E-state index in [1.807, 2.05) is 0 Å². The summed E-state index contributed by atoms with van der Waals surface area (Å²) in [4.78, 5) is 2.42. The molecule has 1 heterocycles. The van der Waals surface area contributed by atoms with Gasteiger partial charge in [0, 0.05) is 0 Å². The van der Waals surface area contributed by atoms with Crippen LogP contribution >= 0.6 is 0 Å². The molecule has 0 bridgehead atoms. The number of hydrogen-bond acceptors (Lipinski definition) is 1. The third-order valence-corrected chi connectivity index (χ3v) is 1.58. The van der Waals surface area contributed by atoms with Gasteiger partial charge in [0.1, 0.15) is 0 Å². The van der Waals surface area contributed by atoms with Crippen LogP contribution < -0.4 is 18.9 Å². The molecule has 1 rings (SSSR count). The molecule has 0 N–H and O–H groups in total. The van der Waals surface area contributed by atoms with Crippen LogP contribution in [0.15, 0.2) is 0 Å². The zero-order valence-electron chi connectivity index (χ0n) is 6.56. The van der Waals surface area contributed by atoms with Crippen LogP contribution in [0.2, 0.25) is 0 Å². The number of likely N-dealkylation sites (tertiary alicyclic amines) is 1. The van der Waals surface area contributed by atoms with Crippen LogP contribution in [0.25, 0.3) is 0 Å². The van der Waals surface area contributed by atoms with Crippen LogP contribution in [0.3, 0.4) is 0 Å². The third kappa shape index (κ3) is 3.30. The molecule has 0 aromatic carbocycles. The molecule has 0 amide bonds. The Labute approximate surface area is 70.0 Å². The van der Waals surface area contributed by atoms with Crippen LogP contribution in [-0.2, 0) is 0 Å². The first-order valence-electron chi connectivity index (χ1n) is 3.51. The summed E-state index contributed by atoms with van der Waals surface area (Å²) in [5.41, 5.74) is 0. The molecule has 1 saturated heterocycles. The fourth-order valence-electron chi connectivity index (χ4n) is 1.18. The average Bonchev–Trinajstić information content (AvgIpc) is 2.19. The number of rotatable bonds is 2. The summed E-state index contributed by atoms with van der Waals surface area (Å²) in [5, 5.41) is 0. The van der Waals surface area contributed by atoms with Gasteiger partial charge < -0.3 is 4.90 Å². The summed E-state index contributed by atoms with van der Waals surface area (Å²) < 4.78 is 0. The second-order valence-corrected chi connectivity index (χ2v) is 2.33. The van der Waals surface area contributed by atoms with Crippen molar-refractivity contribution >= 4 is 0 Å². The Bertz CT molecular complexity index is 59.9. The molecule has 9 heavy (non-hydrogen) atoms. The van der Waals surface area contributed by atoms with Crippen molar-refractivity contribution in [2.75, 3.05) is 13.1 Å². The molecule has 1 aliphatic heterocycles. The van der Waals surface area contributed by atoms with E-state index in [1.54, 1.807) is 0 Å². The smallest absolute Gasteiger partial charge is 0.456 e. The average molecular weight is 119 g/mol. The van der Waals surface area contributed by atoms with E-state index < -0.39 is 0 Å². The molecule has 1 fully saturated rings. The van der Waals surface area contributed by atoms with Crippen molar-refractivity contribution in [3.63, 3.8) is 0 Å². The van der Waals surface area contributed by atoms with Gasteiger partial charge in [-0.3, -0.25) is 6.54 Å². The van der Waals surface area contributed by atoms with Crippen molar-refractivity contribution in [1.29, 1.82) is 0 Å². The van der Waals surface area contributed by atoms with Crippen LogP contribution in [-0.4, -0.2) is 18.0 Å². The van der Waals surface area contributed by atoms with E-state index in [0.29, 0.717) is 0 Å². The van der Waals surface area contributed by atoms with Gasteiger partial charge in [-0.25, -0.2) is 0 Å². The minimum atomic E-state index is 0. The summed E-state index contributed by atoms with van der Waals surface area (Å²) in [6.45, 7) is 7.09. The largest absolute Gasteiger partial charge is 1.00 e. The minimum absolute atomic E-state index is 0. The summed E-state index contributed by atoms with van der Waals surface area (Å²) in [6.07, 6.45) is 3.99. The van der Waals surface area contributed by atoms with Crippen molar-refractivity contribution in [1.82, 2.24) is 4.90 Å². The molecular formula is C7H14LiN. The number of nitrogens with zero attached hydrogens (tertiary/aromatic N) is 1. The second kappa shape index (κ2) is 5.35. The van der Waals surface area contributed by atoms with E-state index in [2.05, 4.69) is 18.4 Å². The van der Waals surface area contributed by atoms with Crippen molar-refractivity contribution in [3.8, 4) is 0 Å². The van der Waals surface area contributed by atoms with Gasteiger partial charge in [-0.05, 0) is 25.9 Å². The van der Waals surface area contributed by atoms with E-state index in [1.165, 1.54) is 32.4 Å². The fourth-order valence-corrected chi connectivity index (χ4v) is 1.18. The van der Waals surface area contributed by atoms with Gasteiger partial charge in [0.2, 0.25) is 0 Å². The monoisotopic (exact) mass is 119 g/mol. The van der Waals surface area contributed by atoms with Crippen molar-refractivity contribution in [3.05, 3.63) is 6.54 Å². The Morgan fingerprint density at radius 3 is 2.33 bits per heavy atom. The summed E-state index contributed by atoms with van der Waals surface area (Å²) >= 11 is 0. The van der Waals surface area contributed by atoms with Crippen molar-refractivity contribution in [2.24, 2.45) is 0 Å². The van der Waals surface area contributed by atoms with Gasteiger partial charge in [-0.1, -0.05) is 6.92 Å². The van der Waals surface area contributed by atoms with E-state index in [-0.39, 0.29) is 18.9 Å². The zero-order valence-corrected chi connectivity index (χ0v) is 6.56. The summed E-state index contributed by atoms with van der Waals surface area (Å²) in [6, 6.07) is 0. The third-order valence-electron chi connectivity index (χ3n) is 1.58. The molecule has 0 aromatic rings. The van der Waals surface area contributed by atoms with Crippen molar-refractivity contribution in [2.45, 2.75) is 26.2 Å². The van der Waals surface area contributed by atoms with E-state index in [0.717, 1.165) is 0 Å².